The maximum Gasteiger partial charge on any atom is 0.271 e. The Balaban J connectivity index is 1.67. The van der Waals surface area contributed by atoms with Crippen LogP contribution in [0.25, 0.3) is 0 Å². The highest BCUT2D eigenvalue weighted by Gasteiger charge is 2.07. The summed E-state index contributed by atoms with van der Waals surface area (Å²) in [5.41, 5.74) is 3.72. The van der Waals surface area contributed by atoms with Gasteiger partial charge in [0, 0.05) is 5.56 Å². The molecule has 27 heavy (non-hydrogen) atoms. The molecule has 5 nitrogen and oxygen atoms in total. The molecule has 0 atom stereocenters. The molecule has 0 radical (unpaired) electrons. The van der Waals surface area contributed by atoms with Crippen LogP contribution in [0, 0.1) is 7.14 Å². The zero-order valence-electron chi connectivity index (χ0n) is 13.9. The van der Waals surface area contributed by atoms with Crippen molar-refractivity contribution in [3.8, 4) is 17.2 Å². The summed E-state index contributed by atoms with van der Waals surface area (Å²) >= 11 is 4.09. The van der Waals surface area contributed by atoms with Gasteiger partial charge in [-0.2, -0.15) is 5.10 Å². The predicted octanol–water partition coefficient (Wildman–Crippen LogP) is 5.16. The third-order valence-electron chi connectivity index (χ3n) is 3.49. The first-order valence-electron chi connectivity index (χ1n) is 7.87. The maximum absolute atomic E-state index is 12.3. The fourth-order valence-electron chi connectivity index (χ4n) is 2.22. The summed E-state index contributed by atoms with van der Waals surface area (Å²) in [6.45, 7) is 0. The summed E-state index contributed by atoms with van der Waals surface area (Å²) in [4.78, 5) is 12.3. The minimum atomic E-state index is -0.340. The summed E-state index contributed by atoms with van der Waals surface area (Å²) < 4.78 is 7.18. The topological polar surface area (TPSA) is 70.9 Å². The van der Waals surface area contributed by atoms with Gasteiger partial charge >= 0.3 is 0 Å². The quantitative estimate of drug-likeness (QED) is 0.248. The van der Waals surface area contributed by atoms with Gasteiger partial charge in [-0.15, -0.1) is 0 Å². The van der Waals surface area contributed by atoms with Gasteiger partial charge < -0.3 is 9.84 Å². The highest BCUT2D eigenvalue weighted by atomic mass is 127. The lowest BCUT2D eigenvalue weighted by Crippen LogP contribution is -2.17. The monoisotopic (exact) mass is 584 g/mol. The van der Waals surface area contributed by atoms with Crippen LogP contribution in [0.1, 0.15) is 15.9 Å². The van der Waals surface area contributed by atoms with E-state index in [9.17, 15) is 9.90 Å². The molecule has 0 aromatic heterocycles. The van der Waals surface area contributed by atoms with Crippen LogP contribution in [0.2, 0.25) is 0 Å². The van der Waals surface area contributed by atoms with Gasteiger partial charge in [0.1, 0.15) is 17.2 Å². The van der Waals surface area contributed by atoms with E-state index in [2.05, 4.69) is 10.5 Å². The normalized spacial score (nSPS) is 10.7. The number of phenolic OH excluding ortho intramolecular Hbond substituents is 1. The molecule has 7 heteroatoms. The standard InChI is InChI=1S/C20H14I2N2O3/c21-17-9-13(10-18(22)19(17)25)12-23-24-20(26)14-5-4-8-16(11-14)27-15-6-2-1-3-7-15/h1-12,25H,(H,24,26). The van der Waals surface area contributed by atoms with Crippen molar-refractivity contribution in [3.05, 3.63) is 85.0 Å². The summed E-state index contributed by atoms with van der Waals surface area (Å²) in [5, 5.41) is 13.8. The third-order valence-corrected chi connectivity index (χ3v) is 5.14. The average molecular weight is 584 g/mol. The molecule has 0 heterocycles. The van der Waals surface area contributed by atoms with Crippen LogP contribution < -0.4 is 10.2 Å². The maximum atomic E-state index is 12.3. The van der Waals surface area contributed by atoms with Crippen LogP contribution in [-0.4, -0.2) is 17.2 Å². The zero-order valence-corrected chi connectivity index (χ0v) is 18.2. The first kappa shape index (κ1) is 19.6. The molecule has 3 aromatic rings. The van der Waals surface area contributed by atoms with Gasteiger partial charge in [-0.1, -0.05) is 24.3 Å². The molecule has 0 unspecified atom stereocenters. The van der Waals surface area contributed by atoms with Crippen molar-refractivity contribution in [2.24, 2.45) is 5.10 Å². The first-order chi connectivity index (χ1) is 13.0. The van der Waals surface area contributed by atoms with Gasteiger partial charge in [0.2, 0.25) is 0 Å². The molecule has 0 spiro atoms. The summed E-state index contributed by atoms with van der Waals surface area (Å²) in [7, 11) is 0. The number of aromatic hydroxyl groups is 1. The van der Waals surface area contributed by atoms with Gasteiger partial charge in [-0.25, -0.2) is 5.43 Å². The minimum absolute atomic E-state index is 0.243. The zero-order chi connectivity index (χ0) is 19.2. The molecule has 0 saturated heterocycles. The lowest BCUT2D eigenvalue weighted by atomic mass is 10.2. The molecule has 0 bridgehead atoms. The highest BCUT2D eigenvalue weighted by Crippen LogP contribution is 2.26. The Labute approximate surface area is 183 Å². The van der Waals surface area contributed by atoms with E-state index in [1.54, 1.807) is 36.4 Å². The largest absolute Gasteiger partial charge is 0.506 e. The lowest BCUT2D eigenvalue weighted by Gasteiger charge is -2.07. The second-order valence-corrected chi connectivity index (χ2v) is 7.80. The number of amides is 1. The number of hydrazone groups is 1. The average Bonchev–Trinajstić information content (AvgIpc) is 2.67. The van der Waals surface area contributed by atoms with E-state index in [0.29, 0.717) is 17.1 Å². The number of nitrogens with one attached hydrogen (secondary N) is 1. The van der Waals surface area contributed by atoms with Gasteiger partial charge in [-0.05, 0) is 93.2 Å². The molecule has 2 N–H and O–H groups in total. The van der Waals surface area contributed by atoms with Crippen molar-refractivity contribution in [2.45, 2.75) is 0 Å². The number of carbonyl (C=O) groups is 1. The third kappa shape index (κ3) is 5.42. The van der Waals surface area contributed by atoms with E-state index < -0.39 is 0 Å². The number of nitrogens with zero attached hydrogens (tertiary/aromatic N) is 1. The Hall–Kier alpha value is -2.14. The molecular formula is C20H14I2N2O3. The molecule has 0 aliphatic carbocycles. The van der Waals surface area contributed by atoms with E-state index in [0.717, 1.165) is 12.7 Å². The van der Waals surface area contributed by atoms with Crippen molar-refractivity contribution < 1.29 is 14.6 Å². The Morgan fingerprint density at radius 1 is 0.963 bits per heavy atom. The van der Waals surface area contributed by atoms with Gasteiger partial charge in [0.25, 0.3) is 5.91 Å². The molecule has 3 rings (SSSR count). The van der Waals surface area contributed by atoms with Gasteiger partial charge in [-0.3, -0.25) is 4.79 Å². The molecule has 0 fully saturated rings. The molecular weight excluding hydrogens is 570 g/mol. The number of phenols is 1. The number of halogens is 2. The van der Waals surface area contributed by atoms with Gasteiger partial charge in [0.15, 0.2) is 0 Å². The van der Waals surface area contributed by atoms with E-state index in [1.807, 2.05) is 75.5 Å². The van der Waals surface area contributed by atoms with Crippen molar-refractivity contribution in [1.82, 2.24) is 5.43 Å². The van der Waals surface area contributed by atoms with Crippen LogP contribution in [0.5, 0.6) is 17.2 Å². The minimum Gasteiger partial charge on any atom is -0.506 e. The number of para-hydroxylation sites is 1. The summed E-state index contributed by atoms with van der Waals surface area (Å²) in [6, 6.07) is 19.8. The lowest BCUT2D eigenvalue weighted by molar-refractivity contribution is 0.0955. The SMILES string of the molecule is O=C(NN=Cc1cc(I)c(O)c(I)c1)c1cccc(Oc2ccccc2)c1. The van der Waals surface area contributed by atoms with Crippen LogP contribution in [-0.2, 0) is 0 Å². The number of hydrogen-bond donors (Lipinski definition) is 2. The van der Waals surface area contributed by atoms with Gasteiger partial charge in [0.05, 0.1) is 13.4 Å². The molecule has 3 aromatic carbocycles. The second-order valence-electron chi connectivity index (χ2n) is 5.48. The fraction of sp³-hybridized carbons (Fsp3) is 0. The van der Waals surface area contributed by atoms with Crippen LogP contribution in [0.15, 0.2) is 71.8 Å². The Morgan fingerprint density at radius 3 is 2.33 bits per heavy atom. The van der Waals surface area contributed by atoms with E-state index in [-0.39, 0.29) is 11.7 Å². The van der Waals surface area contributed by atoms with E-state index in [4.69, 9.17) is 4.74 Å². The predicted molar refractivity (Wildman–Crippen MR) is 122 cm³/mol. The Morgan fingerprint density at radius 2 is 1.63 bits per heavy atom. The number of benzene rings is 3. The molecule has 136 valence electrons. The number of ether oxygens (including phenoxy) is 1. The first-order valence-corrected chi connectivity index (χ1v) is 10.0. The van der Waals surface area contributed by atoms with Crippen molar-refractivity contribution in [1.29, 1.82) is 0 Å². The molecule has 0 saturated carbocycles. The smallest absolute Gasteiger partial charge is 0.271 e. The molecule has 1 amide bonds. The Bertz CT molecular complexity index is 969. The van der Waals surface area contributed by atoms with Crippen molar-refractivity contribution >= 4 is 57.3 Å². The Kier molecular flexibility index (Phi) is 6.67. The van der Waals surface area contributed by atoms with E-state index in [1.165, 1.54) is 6.21 Å². The molecule has 0 aliphatic heterocycles. The van der Waals surface area contributed by atoms with Crippen LogP contribution in [0.4, 0.5) is 0 Å². The fourth-order valence-corrected chi connectivity index (χ4v) is 4.03. The number of carbonyl (C=O) groups excluding carboxylic acids is 1. The summed E-state index contributed by atoms with van der Waals surface area (Å²) in [5.74, 6) is 1.17. The van der Waals surface area contributed by atoms with Crippen molar-refractivity contribution in [3.63, 3.8) is 0 Å². The highest BCUT2D eigenvalue weighted by molar-refractivity contribution is 14.1. The van der Waals surface area contributed by atoms with Crippen LogP contribution >= 0.6 is 45.2 Å². The van der Waals surface area contributed by atoms with Crippen molar-refractivity contribution in [2.75, 3.05) is 0 Å². The van der Waals surface area contributed by atoms with Crippen LogP contribution in [0.3, 0.4) is 0 Å². The molecule has 0 aliphatic rings. The number of hydrogen-bond acceptors (Lipinski definition) is 4. The second kappa shape index (κ2) is 9.18. The number of rotatable bonds is 5. The summed E-state index contributed by atoms with van der Waals surface area (Å²) in [6.07, 6.45) is 1.53. The van der Waals surface area contributed by atoms with E-state index >= 15 is 0 Å².